The number of carbonyl (C=O) groups excluding carboxylic acids is 2. The van der Waals surface area contributed by atoms with E-state index in [9.17, 15) is 9.59 Å². The van der Waals surface area contributed by atoms with Gasteiger partial charge in [0, 0.05) is 31.7 Å². The quantitative estimate of drug-likeness (QED) is 0.720. The van der Waals surface area contributed by atoms with Crippen LogP contribution in [0.2, 0.25) is 0 Å². The fourth-order valence-electron chi connectivity index (χ4n) is 3.69. The summed E-state index contributed by atoms with van der Waals surface area (Å²) in [6.07, 6.45) is 3.89. The van der Waals surface area contributed by atoms with Crippen molar-refractivity contribution in [2.75, 3.05) is 33.4 Å². The van der Waals surface area contributed by atoms with Crippen molar-refractivity contribution in [1.29, 1.82) is 0 Å². The molecule has 6 heteroatoms. The number of benzene rings is 1. The van der Waals surface area contributed by atoms with E-state index in [1.54, 1.807) is 24.1 Å². The molecule has 27 heavy (non-hydrogen) atoms. The third kappa shape index (κ3) is 4.62. The van der Waals surface area contributed by atoms with E-state index in [2.05, 4.69) is 6.08 Å². The maximum absolute atomic E-state index is 12.8. The largest absolute Gasteiger partial charge is 0.497 e. The van der Waals surface area contributed by atoms with Gasteiger partial charge in [-0.1, -0.05) is 17.7 Å². The molecule has 2 atom stereocenters. The Labute approximate surface area is 160 Å². The van der Waals surface area contributed by atoms with Gasteiger partial charge in [0.05, 0.1) is 13.0 Å². The monoisotopic (exact) mass is 372 g/mol. The van der Waals surface area contributed by atoms with Gasteiger partial charge in [-0.3, -0.25) is 9.59 Å². The molecule has 0 aliphatic carbocycles. The average Bonchev–Trinajstić information content (AvgIpc) is 2.96. The number of rotatable bonds is 6. The number of fused-ring (bicyclic) bond motifs is 4. The van der Waals surface area contributed by atoms with Crippen LogP contribution in [0.4, 0.5) is 0 Å². The first-order valence-corrected chi connectivity index (χ1v) is 9.46. The van der Waals surface area contributed by atoms with Crippen LogP contribution in [0.1, 0.15) is 26.7 Å². The maximum Gasteiger partial charge on any atom is 0.260 e. The highest BCUT2D eigenvalue weighted by Gasteiger charge is 2.41. The van der Waals surface area contributed by atoms with Crippen LogP contribution in [-0.2, 0) is 9.59 Å². The summed E-state index contributed by atoms with van der Waals surface area (Å²) < 4.78 is 10.8. The van der Waals surface area contributed by atoms with Gasteiger partial charge < -0.3 is 19.3 Å². The zero-order valence-electron chi connectivity index (χ0n) is 16.3. The van der Waals surface area contributed by atoms with Crippen LogP contribution in [0.5, 0.6) is 11.5 Å². The molecule has 3 heterocycles. The molecule has 3 aliphatic heterocycles. The van der Waals surface area contributed by atoms with Crippen molar-refractivity contribution < 1.29 is 19.1 Å². The van der Waals surface area contributed by atoms with Crippen molar-refractivity contribution in [2.24, 2.45) is 5.92 Å². The number of hydrogen-bond donors (Lipinski definition) is 0. The van der Waals surface area contributed by atoms with E-state index < -0.39 is 0 Å². The lowest BCUT2D eigenvalue weighted by Gasteiger charge is -2.35. The van der Waals surface area contributed by atoms with Crippen LogP contribution in [0.3, 0.4) is 0 Å². The third-order valence-corrected chi connectivity index (χ3v) is 5.25. The zero-order valence-corrected chi connectivity index (χ0v) is 16.3. The fraction of sp³-hybridized carbons (Fsp3) is 0.524. The van der Waals surface area contributed by atoms with Crippen LogP contribution in [0.25, 0.3) is 0 Å². The fourth-order valence-corrected chi connectivity index (χ4v) is 3.69. The second kappa shape index (κ2) is 8.46. The second-order valence-electron chi connectivity index (χ2n) is 7.47. The summed E-state index contributed by atoms with van der Waals surface area (Å²) >= 11 is 0. The molecule has 2 bridgehead atoms. The molecule has 1 aromatic carbocycles. The highest BCUT2D eigenvalue weighted by Crippen LogP contribution is 2.29. The summed E-state index contributed by atoms with van der Waals surface area (Å²) in [5.74, 6) is 1.28. The molecule has 146 valence electrons. The van der Waals surface area contributed by atoms with Crippen molar-refractivity contribution in [3.8, 4) is 11.5 Å². The van der Waals surface area contributed by atoms with E-state index in [0.717, 1.165) is 12.8 Å². The summed E-state index contributed by atoms with van der Waals surface area (Å²) in [6.45, 7) is 5.73. The van der Waals surface area contributed by atoms with Crippen molar-refractivity contribution in [3.63, 3.8) is 0 Å². The van der Waals surface area contributed by atoms with Gasteiger partial charge in [0.1, 0.15) is 11.5 Å². The molecular formula is C21H28N2O4. The Bertz CT molecular complexity index is 727. The van der Waals surface area contributed by atoms with Gasteiger partial charge in [-0.25, -0.2) is 0 Å². The lowest BCUT2D eigenvalue weighted by molar-refractivity contribution is -0.139. The predicted molar refractivity (Wildman–Crippen MR) is 103 cm³/mol. The predicted octanol–water partition coefficient (Wildman–Crippen LogP) is 2.49. The van der Waals surface area contributed by atoms with E-state index >= 15 is 0 Å². The van der Waals surface area contributed by atoms with Crippen molar-refractivity contribution in [1.82, 2.24) is 9.80 Å². The van der Waals surface area contributed by atoms with E-state index in [4.69, 9.17) is 9.47 Å². The summed E-state index contributed by atoms with van der Waals surface area (Å²) in [6, 6.07) is 7.29. The average molecular weight is 372 g/mol. The van der Waals surface area contributed by atoms with Crippen LogP contribution >= 0.6 is 0 Å². The topological polar surface area (TPSA) is 59.1 Å². The lowest BCUT2D eigenvalue weighted by atomic mass is 9.94. The Morgan fingerprint density at radius 2 is 2.00 bits per heavy atom. The van der Waals surface area contributed by atoms with Crippen LogP contribution in [0.15, 0.2) is 35.9 Å². The van der Waals surface area contributed by atoms with Gasteiger partial charge in [-0.05, 0) is 38.8 Å². The van der Waals surface area contributed by atoms with Crippen molar-refractivity contribution in [3.05, 3.63) is 35.9 Å². The van der Waals surface area contributed by atoms with Gasteiger partial charge in [0.25, 0.3) is 5.91 Å². The van der Waals surface area contributed by atoms with Gasteiger partial charge in [-0.2, -0.15) is 0 Å². The smallest absolute Gasteiger partial charge is 0.260 e. The van der Waals surface area contributed by atoms with Crippen molar-refractivity contribution >= 4 is 11.8 Å². The van der Waals surface area contributed by atoms with Gasteiger partial charge in [0.15, 0.2) is 6.61 Å². The molecule has 3 saturated heterocycles. The minimum absolute atomic E-state index is 0.0330. The molecule has 2 amide bonds. The SMILES string of the molecule is COc1cccc(OCC(=O)N2C[C@H]3CC[C@@H](C2)N(CC=C(C)C)C3=O)c1. The molecular weight excluding hydrogens is 344 g/mol. The molecule has 0 unspecified atom stereocenters. The van der Waals surface area contributed by atoms with E-state index in [1.165, 1.54) is 5.57 Å². The number of amides is 2. The zero-order chi connectivity index (χ0) is 19.4. The molecule has 0 aromatic heterocycles. The van der Waals surface area contributed by atoms with Crippen molar-refractivity contribution in [2.45, 2.75) is 32.7 Å². The summed E-state index contributed by atoms with van der Waals surface area (Å²) in [5.41, 5.74) is 1.20. The van der Waals surface area contributed by atoms with Crippen LogP contribution < -0.4 is 9.47 Å². The Hall–Kier alpha value is -2.50. The Morgan fingerprint density at radius 1 is 1.22 bits per heavy atom. The van der Waals surface area contributed by atoms with Crippen LogP contribution in [-0.4, -0.2) is 61.0 Å². The number of nitrogens with zero attached hydrogens (tertiary/aromatic N) is 2. The molecule has 3 aliphatic rings. The molecule has 4 rings (SSSR count). The van der Waals surface area contributed by atoms with E-state index in [1.807, 2.05) is 30.9 Å². The molecule has 0 N–H and O–H groups in total. The number of piperidine rings is 1. The summed E-state index contributed by atoms with van der Waals surface area (Å²) in [5, 5.41) is 0. The maximum atomic E-state index is 12.8. The van der Waals surface area contributed by atoms with Gasteiger partial charge in [-0.15, -0.1) is 0 Å². The highest BCUT2D eigenvalue weighted by molar-refractivity contribution is 5.83. The first kappa shape index (κ1) is 19.3. The minimum atomic E-state index is -0.102. The normalized spacial score (nSPS) is 21.7. The first-order valence-electron chi connectivity index (χ1n) is 9.46. The molecule has 1 aromatic rings. The second-order valence-corrected chi connectivity index (χ2v) is 7.47. The summed E-state index contributed by atoms with van der Waals surface area (Å²) in [7, 11) is 1.59. The Kier molecular flexibility index (Phi) is 6.04. The van der Waals surface area contributed by atoms with Crippen LogP contribution in [0, 0.1) is 5.92 Å². The number of ether oxygens (including phenoxy) is 2. The van der Waals surface area contributed by atoms with E-state index in [-0.39, 0.29) is 30.4 Å². The minimum Gasteiger partial charge on any atom is -0.497 e. The molecule has 3 fully saturated rings. The standard InChI is InChI=1S/C21H28N2O4/c1-15(2)9-10-23-17-8-7-16(21(23)25)12-22(13-17)20(24)14-27-19-6-4-5-18(11-19)26-3/h4-6,9,11,16-17H,7-8,10,12-14H2,1-3H3/t16-,17+/m1/s1. The number of carbonyl (C=O) groups is 2. The Balaban J connectivity index is 1.63. The number of methoxy groups -OCH3 is 1. The molecule has 0 radical (unpaired) electrons. The van der Waals surface area contributed by atoms with E-state index in [0.29, 0.717) is 31.1 Å². The molecule has 0 spiro atoms. The number of hydrogen-bond acceptors (Lipinski definition) is 4. The number of allylic oxidation sites excluding steroid dienone is 1. The lowest BCUT2D eigenvalue weighted by Crippen LogP contribution is -2.48. The molecule has 0 saturated carbocycles. The highest BCUT2D eigenvalue weighted by atomic mass is 16.5. The Morgan fingerprint density at radius 3 is 2.74 bits per heavy atom. The summed E-state index contributed by atoms with van der Waals surface area (Å²) in [4.78, 5) is 29.2. The first-order chi connectivity index (χ1) is 13.0. The van der Waals surface area contributed by atoms with Gasteiger partial charge in [0.2, 0.25) is 5.91 Å². The third-order valence-electron chi connectivity index (χ3n) is 5.25. The molecule has 6 nitrogen and oxygen atoms in total. The van der Waals surface area contributed by atoms with Gasteiger partial charge >= 0.3 is 0 Å².